The molecule has 1 rings (SSSR count). The van der Waals surface area contributed by atoms with Crippen LogP contribution in [0.2, 0.25) is 0 Å². The van der Waals surface area contributed by atoms with E-state index in [2.05, 4.69) is 26.0 Å². The van der Waals surface area contributed by atoms with E-state index in [-0.39, 0.29) is 11.1 Å². The molecular weight excluding hydrogens is 222 g/mol. The normalized spacial score (nSPS) is 9.42. The highest BCUT2D eigenvalue weighted by molar-refractivity contribution is 9.09. The number of carbonyl (C=O) groups excluding carboxylic acids is 1. The van der Waals surface area contributed by atoms with Crippen LogP contribution in [0, 0.1) is 5.53 Å². The van der Waals surface area contributed by atoms with Gasteiger partial charge in [0.2, 0.25) is 0 Å². The SMILES string of the molecule is N=Nc1ccc(C(=O)CBr)cn1. The van der Waals surface area contributed by atoms with Gasteiger partial charge < -0.3 is 0 Å². The molecule has 0 amide bonds. The number of hydrogen-bond donors (Lipinski definition) is 1. The molecule has 0 saturated heterocycles. The van der Waals surface area contributed by atoms with Gasteiger partial charge in [-0.1, -0.05) is 15.9 Å². The molecule has 0 bridgehead atoms. The number of halogens is 1. The zero-order valence-corrected chi connectivity index (χ0v) is 7.71. The average molecular weight is 228 g/mol. The van der Waals surface area contributed by atoms with Crippen LogP contribution in [0.25, 0.3) is 0 Å². The zero-order valence-electron chi connectivity index (χ0n) is 6.12. The molecule has 0 radical (unpaired) electrons. The molecule has 0 fully saturated rings. The van der Waals surface area contributed by atoms with Gasteiger partial charge in [-0.05, 0) is 12.1 Å². The summed E-state index contributed by atoms with van der Waals surface area (Å²) in [5.41, 5.74) is 7.16. The van der Waals surface area contributed by atoms with E-state index in [0.717, 1.165) is 0 Å². The average Bonchev–Trinajstić information content (AvgIpc) is 2.17. The molecule has 1 aromatic rings. The Kier molecular flexibility index (Phi) is 3.04. The summed E-state index contributed by atoms with van der Waals surface area (Å²) in [5.74, 6) is 0.278. The number of hydrogen-bond acceptors (Lipinski definition) is 4. The minimum Gasteiger partial charge on any atom is -0.293 e. The van der Waals surface area contributed by atoms with Crippen molar-refractivity contribution < 1.29 is 4.79 Å². The highest BCUT2D eigenvalue weighted by atomic mass is 79.9. The summed E-state index contributed by atoms with van der Waals surface area (Å²) in [6, 6.07) is 3.13. The van der Waals surface area contributed by atoms with Crippen molar-refractivity contribution in [3.05, 3.63) is 23.9 Å². The summed E-state index contributed by atoms with van der Waals surface area (Å²) < 4.78 is 0. The Morgan fingerprint density at radius 2 is 2.42 bits per heavy atom. The second-order valence-electron chi connectivity index (χ2n) is 2.07. The molecule has 1 heterocycles. The number of carbonyl (C=O) groups is 1. The van der Waals surface area contributed by atoms with E-state index in [0.29, 0.717) is 11.4 Å². The van der Waals surface area contributed by atoms with Crippen LogP contribution in [0.3, 0.4) is 0 Å². The highest BCUT2D eigenvalue weighted by Gasteiger charge is 2.02. The molecule has 0 aromatic carbocycles. The van der Waals surface area contributed by atoms with E-state index in [1.165, 1.54) is 12.3 Å². The molecule has 12 heavy (non-hydrogen) atoms. The maximum Gasteiger partial charge on any atom is 0.174 e. The summed E-state index contributed by atoms with van der Waals surface area (Å²) in [6.45, 7) is 0. The number of nitrogens with one attached hydrogen (secondary N) is 1. The molecule has 0 aliphatic rings. The van der Waals surface area contributed by atoms with Gasteiger partial charge in [-0.3, -0.25) is 4.79 Å². The van der Waals surface area contributed by atoms with Crippen LogP contribution in [0.5, 0.6) is 0 Å². The fraction of sp³-hybridized carbons (Fsp3) is 0.143. The first-order valence-electron chi connectivity index (χ1n) is 3.20. The predicted octanol–water partition coefficient (Wildman–Crippen LogP) is 2.32. The highest BCUT2D eigenvalue weighted by Crippen LogP contribution is 2.08. The Morgan fingerprint density at radius 3 is 2.83 bits per heavy atom. The van der Waals surface area contributed by atoms with Crippen LogP contribution in [0.15, 0.2) is 23.4 Å². The van der Waals surface area contributed by atoms with Gasteiger partial charge in [0.05, 0.1) is 5.33 Å². The topological polar surface area (TPSA) is 66.2 Å². The molecular formula is C7H6BrN3O. The smallest absolute Gasteiger partial charge is 0.174 e. The van der Waals surface area contributed by atoms with Crippen molar-refractivity contribution in [3.8, 4) is 0 Å². The van der Waals surface area contributed by atoms with E-state index < -0.39 is 0 Å². The fourth-order valence-electron chi connectivity index (χ4n) is 0.694. The number of Topliss-reactive ketones (excluding diaryl/α,β-unsaturated/α-hetero) is 1. The number of aromatic nitrogens is 1. The van der Waals surface area contributed by atoms with Gasteiger partial charge >= 0.3 is 0 Å². The third-order valence-corrected chi connectivity index (χ3v) is 1.82. The van der Waals surface area contributed by atoms with E-state index in [9.17, 15) is 4.79 Å². The van der Waals surface area contributed by atoms with Crippen molar-refractivity contribution in [3.63, 3.8) is 0 Å². The van der Waals surface area contributed by atoms with Crippen molar-refractivity contribution in [1.29, 1.82) is 5.53 Å². The first-order valence-corrected chi connectivity index (χ1v) is 4.32. The molecule has 0 aliphatic heterocycles. The van der Waals surface area contributed by atoms with Gasteiger partial charge in [0.25, 0.3) is 0 Å². The second kappa shape index (κ2) is 4.06. The van der Waals surface area contributed by atoms with Crippen molar-refractivity contribution in [1.82, 2.24) is 4.98 Å². The molecule has 4 nitrogen and oxygen atoms in total. The minimum absolute atomic E-state index is 0.0287. The lowest BCUT2D eigenvalue weighted by Gasteiger charge is -1.95. The lowest BCUT2D eigenvalue weighted by Crippen LogP contribution is -1.99. The standard InChI is InChI=1S/C7H6BrN3O/c8-3-6(12)5-1-2-7(11-9)10-4-5/h1-2,4,9H,3H2. The van der Waals surface area contributed by atoms with Crippen LogP contribution >= 0.6 is 15.9 Å². The van der Waals surface area contributed by atoms with E-state index >= 15 is 0 Å². The van der Waals surface area contributed by atoms with Crippen LogP contribution in [-0.4, -0.2) is 16.1 Å². The lowest BCUT2D eigenvalue weighted by atomic mass is 10.2. The molecule has 5 heteroatoms. The van der Waals surface area contributed by atoms with Crippen LogP contribution < -0.4 is 0 Å². The van der Waals surface area contributed by atoms with Gasteiger partial charge in [0.1, 0.15) is 0 Å². The Morgan fingerprint density at radius 1 is 1.67 bits per heavy atom. The van der Waals surface area contributed by atoms with Crippen molar-refractivity contribution >= 4 is 27.5 Å². The van der Waals surface area contributed by atoms with Crippen LogP contribution in [0.4, 0.5) is 5.82 Å². The van der Waals surface area contributed by atoms with Crippen molar-refractivity contribution in [2.24, 2.45) is 5.11 Å². The first-order chi connectivity index (χ1) is 5.77. The minimum atomic E-state index is -0.0287. The van der Waals surface area contributed by atoms with Gasteiger partial charge in [0, 0.05) is 11.8 Å². The summed E-state index contributed by atoms with van der Waals surface area (Å²) in [7, 11) is 0. The third kappa shape index (κ3) is 1.94. The Bertz CT molecular complexity index is 296. The first kappa shape index (κ1) is 8.99. The monoisotopic (exact) mass is 227 g/mol. The number of rotatable bonds is 3. The molecule has 0 atom stereocenters. The summed E-state index contributed by atoms with van der Waals surface area (Å²) in [4.78, 5) is 14.8. The summed E-state index contributed by atoms with van der Waals surface area (Å²) in [5, 5.41) is 3.40. The van der Waals surface area contributed by atoms with Crippen LogP contribution in [-0.2, 0) is 0 Å². The molecule has 0 spiro atoms. The van der Waals surface area contributed by atoms with Crippen LogP contribution in [0.1, 0.15) is 10.4 Å². The molecule has 1 aromatic heterocycles. The van der Waals surface area contributed by atoms with Crippen molar-refractivity contribution in [2.75, 3.05) is 5.33 Å². The molecule has 0 saturated carbocycles. The van der Waals surface area contributed by atoms with Gasteiger partial charge in [-0.25, -0.2) is 10.5 Å². The summed E-state index contributed by atoms with van der Waals surface area (Å²) in [6.07, 6.45) is 1.41. The molecule has 62 valence electrons. The largest absolute Gasteiger partial charge is 0.293 e. The fourth-order valence-corrected chi connectivity index (χ4v) is 1.02. The Hall–Kier alpha value is -1.10. The predicted molar refractivity (Wildman–Crippen MR) is 47.2 cm³/mol. The van der Waals surface area contributed by atoms with Gasteiger partial charge in [-0.15, -0.1) is 5.11 Å². The number of pyridine rings is 1. The number of alkyl halides is 1. The quantitative estimate of drug-likeness (QED) is 0.490. The van der Waals surface area contributed by atoms with Gasteiger partial charge in [0.15, 0.2) is 11.6 Å². The van der Waals surface area contributed by atoms with E-state index in [4.69, 9.17) is 5.53 Å². The third-order valence-electron chi connectivity index (χ3n) is 1.31. The van der Waals surface area contributed by atoms with Gasteiger partial charge in [-0.2, -0.15) is 0 Å². The maximum absolute atomic E-state index is 11.0. The number of ketones is 1. The molecule has 1 N–H and O–H groups in total. The van der Waals surface area contributed by atoms with Crippen molar-refractivity contribution in [2.45, 2.75) is 0 Å². The molecule has 0 unspecified atom stereocenters. The second-order valence-corrected chi connectivity index (χ2v) is 2.63. The van der Waals surface area contributed by atoms with E-state index in [1.54, 1.807) is 6.07 Å². The zero-order chi connectivity index (χ0) is 8.97. The summed E-state index contributed by atoms with van der Waals surface area (Å²) >= 11 is 3.05. The molecule has 0 aliphatic carbocycles. The number of nitrogens with zero attached hydrogens (tertiary/aromatic N) is 2. The Labute approximate surface area is 77.6 Å². The Balaban J connectivity index is 2.91. The maximum atomic E-state index is 11.0. The van der Waals surface area contributed by atoms with E-state index in [1.807, 2.05) is 0 Å². The lowest BCUT2D eigenvalue weighted by molar-refractivity contribution is 0.102.